The predicted octanol–water partition coefficient (Wildman–Crippen LogP) is 1.16. The molecule has 3 rings (SSSR count). The molecule has 2 fully saturated rings. The molecule has 24 heavy (non-hydrogen) atoms. The van der Waals surface area contributed by atoms with Gasteiger partial charge in [-0.3, -0.25) is 15.6 Å². The summed E-state index contributed by atoms with van der Waals surface area (Å²) in [6, 6.07) is 5.67. The van der Waals surface area contributed by atoms with Crippen molar-refractivity contribution in [3.63, 3.8) is 0 Å². The lowest BCUT2D eigenvalue weighted by molar-refractivity contribution is -0.124. The van der Waals surface area contributed by atoms with Crippen molar-refractivity contribution in [1.82, 2.24) is 15.6 Å². The van der Waals surface area contributed by atoms with Crippen molar-refractivity contribution in [1.29, 1.82) is 0 Å². The molecule has 3 amide bonds. The average molecular weight is 332 g/mol. The Balaban J connectivity index is 1.56. The molecular formula is C16H20N4O4. The van der Waals surface area contributed by atoms with Crippen LogP contribution in [0.1, 0.15) is 36.0 Å². The van der Waals surface area contributed by atoms with Gasteiger partial charge in [0.25, 0.3) is 5.91 Å². The van der Waals surface area contributed by atoms with Gasteiger partial charge >= 0.3 is 12.0 Å². The lowest BCUT2D eigenvalue weighted by Crippen LogP contribution is -2.51. The van der Waals surface area contributed by atoms with Crippen molar-refractivity contribution < 1.29 is 19.5 Å². The van der Waals surface area contributed by atoms with E-state index in [9.17, 15) is 14.4 Å². The van der Waals surface area contributed by atoms with Crippen LogP contribution < -0.4 is 16.2 Å². The number of urea groups is 1. The van der Waals surface area contributed by atoms with Gasteiger partial charge < -0.3 is 15.3 Å². The molecule has 0 bridgehead atoms. The molecule has 1 heterocycles. The summed E-state index contributed by atoms with van der Waals surface area (Å²) in [6.45, 7) is 0.561. The quantitative estimate of drug-likeness (QED) is 0.605. The number of benzene rings is 1. The lowest BCUT2D eigenvalue weighted by Gasteiger charge is -2.24. The molecule has 8 heteroatoms. The van der Waals surface area contributed by atoms with Crippen molar-refractivity contribution >= 4 is 23.6 Å². The zero-order valence-corrected chi connectivity index (χ0v) is 13.1. The standard InChI is InChI=1S/C16H20N4O4/c21-14(19-18-12-4-1-3-10(9-12)15(22)23)13-5-2-8-20(13)16(24)17-11-6-7-11/h1,3-4,9,11,13,18H,2,5-8H2,(H,17,24)(H,19,21)(H,22,23). The van der Waals surface area contributed by atoms with Crippen molar-refractivity contribution in [2.24, 2.45) is 0 Å². The fourth-order valence-electron chi connectivity index (χ4n) is 2.71. The number of carboxylic acids is 1. The first-order valence-electron chi connectivity index (χ1n) is 8.01. The molecule has 1 aliphatic carbocycles. The highest BCUT2D eigenvalue weighted by Gasteiger charge is 2.36. The second kappa shape index (κ2) is 6.77. The maximum Gasteiger partial charge on any atom is 0.335 e. The van der Waals surface area contributed by atoms with Gasteiger partial charge in [-0.1, -0.05) is 6.07 Å². The Morgan fingerprint density at radius 1 is 1.17 bits per heavy atom. The molecule has 1 aromatic rings. The molecule has 4 N–H and O–H groups in total. The zero-order chi connectivity index (χ0) is 17.1. The minimum atomic E-state index is -1.04. The van der Waals surface area contributed by atoms with Crippen LogP contribution in [0.15, 0.2) is 24.3 Å². The summed E-state index contributed by atoms with van der Waals surface area (Å²) in [5.74, 6) is -1.34. The normalized spacial score (nSPS) is 19.7. The van der Waals surface area contributed by atoms with Crippen LogP contribution in [0.25, 0.3) is 0 Å². The molecule has 0 aromatic heterocycles. The summed E-state index contributed by atoms with van der Waals surface area (Å²) in [4.78, 5) is 37.0. The van der Waals surface area contributed by atoms with Gasteiger partial charge in [0.1, 0.15) is 6.04 Å². The van der Waals surface area contributed by atoms with E-state index in [1.165, 1.54) is 12.1 Å². The zero-order valence-electron chi connectivity index (χ0n) is 13.1. The molecule has 1 aliphatic heterocycles. The first-order valence-corrected chi connectivity index (χ1v) is 8.01. The Hall–Kier alpha value is -2.77. The molecule has 128 valence electrons. The highest BCUT2D eigenvalue weighted by atomic mass is 16.4. The van der Waals surface area contributed by atoms with E-state index in [1.807, 2.05) is 0 Å². The van der Waals surface area contributed by atoms with Crippen LogP contribution in [0.4, 0.5) is 10.5 Å². The van der Waals surface area contributed by atoms with Gasteiger partial charge in [-0.25, -0.2) is 9.59 Å². The Morgan fingerprint density at radius 3 is 2.67 bits per heavy atom. The predicted molar refractivity (Wildman–Crippen MR) is 86.4 cm³/mol. The number of rotatable bonds is 5. The van der Waals surface area contributed by atoms with E-state index in [1.54, 1.807) is 17.0 Å². The van der Waals surface area contributed by atoms with Crippen LogP contribution in [0, 0.1) is 0 Å². The number of carbonyl (C=O) groups excluding carboxylic acids is 2. The third-order valence-electron chi connectivity index (χ3n) is 4.16. The van der Waals surface area contributed by atoms with E-state index in [4.69, 9.17) is 5.11 Å². The molecule has 8 nitrogen and oxygen atoms in total. The number of hydrogen-bond acceptors (Lipinski definition) is 4. The van der Waals surface area contributed by atoms with Gasteiger partial charge in [0, 0.05) is 12.6 Å². The third kappa shape index (κ3) is 3.76. The second-order valence-electron chi connectivity index (χ2n) is 6.08. The first kappa shape index (κ1) is 16.1. The maximum atomic E-state index is 12.3. The lowest BCUT2D eigenvalue weighted by atomic mass is 10.2. The Kier molecular flexibility index (Phi) is 4.54. The summed E-state index contributed by atoms with van der Waals surface area (Å²) in [7, 11) is 0. The summed E-state index contributed by atoms with van der Waals surface area (Å²) < 4.78 is 0. The molecule has 1 atom stereocenters. The SMILES string of the molecule is O=C(O)c1cccc(NNC(=O)C2CCCN2C(=O)NC2CC2)c1. The molecule has 0 spiro atoms. The maximum absolute atomic E-state index is 12.3. The van der Waals surface area contributed by atoms with E-state index >= 15 is 0 Å². The number of carboxylic acid groups (broad SMARTS) is 1. The summed E-state index contributed by atoms with van der Waals surface area (Å²) in [6.07, 6.45) is 3.39. The van der Waals surface area contributed by atoms with E-state index < -0.39 is 12.0 Å². The van der Waals surface area contributed by atoms with Gasteiger partial charge in [0.05, 0.1) is 11.3 Å². The van der Waals surface area contributed by atoms with Gasteiger partial charge in [-0.05, 0) is 43.9 Å². The van der Waals surface area contributed by atoms with Gasteiger partial charge in [0.2, 0.25) is 0 Å². The molecule has 1 aromatic carbocycles. The smallest absolute Gasteiger partial charge is 0.335 e. The number of nitrogens with zero attached hydrogens (tertiary/aromatic N) is 1. The highest BCUT2D eigenvalue weighted by Crippen LogP contribution is 2.22. The Labute approximate surface area is 139 Å². The monoisotopic (exact) mass is 332 g/mol. The molecule has 1 saturated carbocycles. The molecule has 0 radical (unpaired) electrons. The van der Waals surface area contributed by atoms with Gasteiger partial charge in [0.15, 0.2) is 0 Å². The number of hydrogen-bond donors (Lipinski definition) is 4. The van der Waals surface area contributed by atoms with Crippen molar-refractivity contribution in [3.8, 4) is 0 Å². The highest BCUT2D eigenvalue weighted by molar-refractivity contribution is 5.90. The Morgan fingerprint density at radius 2 is 1.96 bits per heavy atom. The topological polar surface area (TPSA) is 111 Å². The molecule has 2 aliphatic rings. The fraction of sp³-hybridized carbons (Fsp3) is 0.438. The van der Waals surface area contributed by atoms with Crippen LogP contribution in [0.5, 0.6) is 0 Å². The van der Waals surface area contributed by atoms with Crippen molar-refractivity contribution in [2.45, 2.75) is 37.8 Å². The van der Waals surface area contributed by atoms with Crippen LogP contribution in [0.2, 0.25) is 0 Å². The summed E-state index contributed by atoms with van der Waals surface area (Å²) in [5.41, 5.74) is 5.86. The van der Waals surface area contributed by atoms with Gasteiger partial charge in [-0.2, -0.15) is 0 Å². The number of carbonyl (C=O) groups is 3. The van der Waals surface area contributed by atoms with Crippen molar-refractivity contribution in [3.05, 3.63) is 29.8 Å². The van der Waals surface area contributed by atoms with E-state index in [0.717, 1.165) is 19.3 Å². The minimum Gasteiger partial charge on any atom is -0.478 e. The van der Waals surface area contributed by atoms with E-state index in [2.05, 4.69) is 16.2 Å². The number of aromatic carboxylic acids is 1. The second-order valence-corrected chi connectivity index (χ2v) is 6.08. The van der Waals surface area contributed by atoms with Crippen LogP contribution >= 0.6 is 0 Å². The van der Waals surface area contributed by atoms with Crippen LogP contribution in [-0.4, -0.2) is 46.5 Å². The Bertz CT molecular complexity index is 659. The largest absolute Gasteiger partial charge is 0.478 e. The summed E-state index contributed by atoms with van der Waals surface area (Å²) >= 11 is 0. The van der Waals surface area contributed by atoms with E-state index in [0.29, 0.717) is 18.7 Å². The van der Waals surface area contributed by atoms with Gasteiger partial charge in [-0.15, -0.1) is 0 Å². The number of amides is 3. The number of nitrogens with one attached hydrogen (secondary N) is 3. The fourth-order valence-corrected chi connectivity index (χ4v) is 2.71. The first-order chi connectivity index (χ1) is 11.5. The summed E-state index contributed by atoms with van der Waals surface area (Å²) in [5, 5.41) is 11.9. The van der Waals surface area contributed by atoms with Crippen LogP contribution in [-0.2, 0) is 4.79 Å². The average Bonchev–Trinajstić information content (AvgIpc) is 3.24. The number of anilines is 1. The number of hydrazine groups is 1. The molecule has 1 saturated heterocycles. The van der Waals surface area contributed by atoms with E-state index in [-0.39, 0.29) is 23.5 Å². The molecule has 1 unspecified atom stereocenters. The van der Waals surface area contributed by atoms with Crippen LogP contribution in [0.3, 0.4) is 0 Å². The molecular weight excluding hydrogens is 312 g/mol. The number of likely N-dealkylation sites (tertiary alicyclic amines) is 1. The minimum absolute atomic E-state index is 0.126. The van der Waals surface area contributed by atoms with Crippen molar-refractivity contribution in [2.75, 3.05) is 12.0 Å². The third-order valence-corrected chi connectivity index (χ3v) is 4.16.